The molecule has 2 N–H and O–H groups in total. The molecule has 184 valence electrons. The Hall–Kier alpha value is -3.83. The van der Waals surface area contributed by atoms with E-state index >= 15 is 0 Å². The number of nitrogens with zero attached hydrogens (tertiary/aromatic N) is 1. The van der Waals surface area contributed by atoms with Crippen LogP contribution in [0.4, 0.5) is 11.4 Å². The van der Waals surface area contributed by atoms with Crippen molar-refractivity contribution in [3.8, 4) is 5.75 Å². The first-order valence-corrected chi connectivity index (χ1v) is 12.5. The molecule has 5 heteroatoms. The van der Waals surface area contributed by atoms with E-state index in [4.69, 9.17) is 4.74 Å². The van der Waals surface area contributed by atoms with E-state index in [9.17, 15) is 9.90 Å². The van der Waals surface area contributed by atoms with Gasteiger partial charge in [0.2, 0.25) is 0 Å². The number of carboxylic acid groups (broad SMARTS) is 1. The summed E-state index contributed by atoms with van der Waals surface area (Å²) in [5.74, 6) is -0.101. The molecule has 0 bridgehead atoms. The van der Waals surface area contributed by atoms with Gasteiger partial charge in [0.1, 0.15) is 11.4 Å². The minimum atomic E-state index is -0.912. The van der Waals surface area contributed by atoms with E-state index in [1.165, 1.54) is 16.3 Å². The molecule has 1 heterocycles. The molecule has 0 fully saturated rings. The normalized spacial score (nSPS) is 17.9. The molecule has 1 aliphatic rings. The molecule has 0 saturated carbocycles. The highest BCUT2D eigenvalue weighted by Crippen LogP contribution is 2.42. The second-order valence-corrected chi connectivity index (χ2v) is 9.90. The third-order valence-corrected chi connectivity index (χ3v) is 7.16. The molecule has 4 aromatic carbocycles. The predicted octanol–water partition coefficient (Wildman–Crippen LogP) is 6.88. The van der Waals surface area contributed by atoms with Crippen molar-refractivity contribution in [1.29, 1.82) is 0 Å². The topological polar surface area (TPSA) is 61.8 Å². The Morgan fingerprint density at radius 2 is 1.81 bits per heavy atom. The van der Waals surface area contributed by atoms with E-state index in [1.54, 1.807) is 6.07 Å². The summed E-state index contributed by atoms with van der Waals surface area (Å²) >= 11 is 0. The Morgan fingerprint density at radius 1 is 1.06 bits per heavy atom. The lowest BCUT2D eigenvalue weighted by Gasteiger charge is -2.43. The van der Waals surface area contributed by atoms with Gasteiger partial charge in [0.05, 0.1) is 17.8 Å². The number of carbonyl (C=O) groups is 1. The first kappa shape index (κ1) is 23.9. The van der Waals surface area contributed by atoms with Crippen LogP contribution in [0, 0.1) is 6.92 Å². The Bertz CT molecular complexity index is 1410. The Kier molecular flexibility index (Phi) is 6.42. The van der Waals surface area contributed by atoms with Crippen LogP contribution >= 0.6 is 0 Å². The predicted molar refractivity (Wildman–Crippen MR) is 146 cm³/mol. The molecule has 2 unspecified atom stereocenters. The minimum absolute atomic E-state index is 0.196. The summed E-state index contributed by atoms with van der Waals surface area (Å²) in [6.45, 7) is 7.56. The van der Waals surface area contributed by atoms with Crippen molar-refractivity contribution in [2.24, 2.45) is 0 Å². The van der Waals surface area contributed by atoms with Crippen LogP contribution in [0.1, 0.15) is 47.8 Å². The molecule has 5 nitrogen and oxygen atoms in total. The van der Waals surface area contributed by atoms with Gasteiger partial charge in [-0.15, -0.1) is 0 Å². The lowest BCUT2D eigenvalue weighted by molar-refractivity contribution is 0.0696. The zero-order chi connectivity index (χ0) is 25.3. The molecule has 1 aliphatic heterocycles. The molecule has 0 aliphatic carbocycles. The zero-order valence-corrected chi connectivity index (χ0v) is 21.0. The number of para-hydroxylation sites is 2. The second kappa shape index (κ2) is 9.67. The molecule has 2 atom stereocenters. The van der Waals surface area contributed by atoms with Crippen molar-refractivity contribution < 1.29 is 14.6 Å². The first-order chi connectivity index (χ1) is 17.3. The van der Waals surface area contributed by atoms with Crippen molar-refractivity contribution in [3.05, 3.63) is 102 Å². The van der Waals surface area contributed by atoms with Crippen LogP contribution in [0.2, 0.25) is 0 Å². The quantitative estimate of drug-likeness (QED) is 0.302. The van der Waals surface area contributed by atoms with Gasteiger partial charge in [-0.05, 0) is 73.5 Å². The number of hydrogen-bond donors (Lipinski definition) is 2. The maximum Gasteiger partial charge on any atom is 0.336 e. The third-order valence-electron chi connectivity index (χ3n) is 7.16. The summed E-state index contributed by atoms with van der Waals surface area (Å²) in [6.07, 6.45) is 0.796. The van der Waals surface area contributed by atoms with Gasteiger partial charge in [0, 0.05) is 18.2 Å². The molecule has 36 heavy (non-hydrogen) atoms. The van der Waals surface area contributed by atoms with Gasteiger partial charge in [-0.3, -0.25) is 0 Å². The van der Waals surface area contributed by atoms with Crippen LogP contribution in [-0.2, 0) is 0 Å². The van der Waals surface area contributed by atoms with Gasteiger partial charge < -0.3 is 20.1 Å². The monoisotopic (exact) mass is 480 g/mol. The SMILES string of the molecule is Cc1ccc(N2CC(C)(CCNC(C)c3cccc4ccccc34)Oc3ccccc32)cc1C(=O)O. The molecular weight excluding hydrogens is 448 g/mol. The molecule has 0 radical (unpaired) electrons. The van der Waals surface area contributed by atoms with Gasteiger partial charge in [0.15, 0.2) is 0 Å². The highest BCUT2D eigenvalue weighted by Gasteiger charge is 2.36. The van der Waals surface area contributed by atoms with E-state index in [0.717, 1.165) is 35.7 Å². The van der Waals surface area contributed by atoms with Crippen LogP contribution in [0.5, 0.6) is 5.75 Å². The fourth-order valence-corrected chi connectivity index (χ4v) is 5.14. The molecule has 0 amide bonds. The largest absolute Gasteiger partial charge is 0.483 e. The summed E-state index contributed by atoms with van der Waals surface area (Å²) in [7, 11) is 0. The summed E-state index contributed by atoms with van der Waals surface area (Å²) in [5.41, 5.74) is 3.72. The van der Waals surface area contributed by atoms with Crippen molar-refractivity contribution in [2.75, 3.05) is 18.0 Å². The number of anilines is 2. The van der Waals surface area contributed by atoms with Gasteiger partial charge in [-0.25, -0.2) is 4.79 Å². The van der Waals surface area contributed by atoms with E-state index in [2.05, 4.69) is 66.5 Å². The van der Waals surface area contributed by atoms with Crippen LogP contribution in [0.3, 0.4) is 0 Å². The second-order valence-electron chi connectivity index (χ2n) is 9.90. The number of carboxylic acids is 1. The van der Waals surface area contributed by atoms with Crippen LogP contribution in [0.15, 0.2) is 84.9 Å². The number of nitrogens with one attached hydrogen (secondary N) is 1. The van der Waals surface area contributed by atoms with Crippen molar-refractivity contribution in [2.45, 2.75) is 38.8 Å². The summed E-state index contributed by atoms with van der Waals surface area (Å²) in [4.78, 5) is 14.0. The Morgan fingerprint density at radius 3 is 2.64 bits per heavy atom. The number of fused-ring (bicyclic) bond motifs is 2. The summed E-state index contributed by atoms with van der Waals surface area (Å²) in [6, 6.07) is 28.7. The molecular formula is C31H32N2O3. The van der Waals surface area contributed by atoms with E-state index in [1.807, 2.05) is 43.3 Å². The van der Waals surface area contributed by atoms with Gasteiger partial charge in [0.25, 0.3) is 0 Å². The summed E-state index contributed by atoms with van der Waals surface area (Å²) in [5, 5.41) is 15.9. The molecule has 0 aromatic heterocycles. The zero-order valence-electron chi connectivity index (χ0n) is 21.0. The maximum atomic E-state index is 11.8. The number of rotatable bonds is 7. The minimum Gasteiger partial charge on any atom is -0.483 e. The average molecular weight is 481 g/mol. The van der Waals surface area contributed by atoms with Crippen molar-refractivity contribution in [1.82, 2.24) is 5.32 Å². The van der Waals surface area contributed by atoms with E-state index in [0.29, 0.717) is 12.1 Å². The standard InChI is InChI=1S/C31H32N2O3/c1-21-15-16-24(19-27(21)30(34)35)33-20-31(3,36-29-14-7-6-13-28(29)33)17-18-32-22(2)25-12-8-10-23-9-4-5-11-26(23)25/h4-16,19,22,32H,17-18,20H2,1-3H3,(H,34,35). The lowest BCUT2D eigenvalue weighted by atomic mass is 9.96. The number of ether oxygens (including phenoxy) is 1. The van der Waals surface area contributed by atoms with E-state index in [-0.39, 0.29) is 6.04 Å². The molecule has 4 aromatic rings. The lowest BCUT2D eigenvalue weighted by Crippen LogP contribution is -2.49. The van der Waals surface area contributed by atoms with E-state index < -0.39 is 11.6 Å². The van der Waals surface area contributed by atoms with Crippen molar-refractivity contribution in [3.63, 3.8) is 0 Å². The highest BCUT2D eigenvalue weighted by molar-refractivity contribution is 5.91. The fourth-order valence-electron chi connectivity index (χ4n) is 5.14. The number of hydrogen-bond acceptors (Lipinski definition) is 4. The highest BCUT2D eigenvalue weighted by atomic mass is 16.5. The van der Waals surface area contributed by atoms with Gasteiger partial charge in [-0.2, -0.15) is 0 Å². The number of aromatic carboxylic acids is 1. The van der Waals surface area contributed by atoms with Crippen molar-refractivity contribution >= 4 is 28.1 Å². The fraction of sp³-hybridized carbons (Fsp3) is 0.258. The summed E-state index contributed by atoms with van der Waals surface area (Å²) < 4.78 is 6.53. The van der Waals surface area contributed by atoms with Gasteiger partial charge >= 0.3 is 5.97 Å². The Balaban J connectivity index is 1.36. The van der Waals surface area contributed by atoms with Crippen LogP contribution in [0.25, 0.3) is 10.8 Å². The average Bonchev–Trinajstić information content (AvgIpc) is 2.88. The van der Waals surface area contributed by atoms with Gasteiger partial charge in [-0.1, -0.05) is 60.7 Å². The maximum absolute atomic E-state index is 11.8. The first-order valence-electron chi connectivity index (χ1n) is 12.5. The Labute approximate surface area is 212 Å². The molecule has 5 rings (SSSR count). The van der Waals surface area contributed by atoms with Crippen LogP contribution in [-0.4, -0.2) is 29.8 Å². The van der Waals surface area contributed by atoms with Crippen LogP contribution < -0.4 is 15.0 Å². The third kappa shape index (κ3) is 4.67. The molecule has 0 spiro atoms. The number of aryl methyl sites for hydroxylation is 1. The number of benzene rings is 4. The smallest absolute Gasteiger partial charge is 0.336 e. The molecule has 0 saturated heterocycles.